The molecule has 0 saturated heterocycles. The van der Waals surface area contributed by atoms with Crippen molar-refractivity contribution in [1.29, 1.82) is 0 Å². The largest absolute Gasteiger partial charge is 0.493 e. The fraction of sp³-hybridized carbons (Fsp3) is 0.600. The third-order valence-corrected chi connectivity index (χ3v) is 6.21. The minimum absolute atomic E-state index is 0.429. The van der Waals surface area contributed by atoms with E-state index in [-0.39, 0.29) is 0 Å². The Morgan fingerprint density at radius 3 is 2.83 bits per heavy atom. The average Bonchev–Trinajstić information content (AvgIpc) is 2.76. The zero-order chi connectivity index (χ0) is 12.3. The predicted molar refractivity (Wildman–Crippen MR) is 76.6 cm³/mol. The maximum absolute atomic E-state index is 6.24. The summed E-state index contributed by atoms with van der Waals surface area (Å²) in [5.74, 6) is 3.81. The van der Waals surface area contributed by atoms with Crippen LogP contribution in [-0.2, 0) is 6.42 Å². The van der Waals surface area contributed by atoms with E-state index in [1.165, 1.54) is 30.4 Å². The molecule has 3 aliphatic rings. The van der Waals surface area contributed by atoms with Crippen LogP contribution in [0.2, 0.25) is 5.02 Å². The zero-order valence-corrected chi connectivity index (χ0v) is 12.5. The normalized spacial score (nSPS) is 33.8. The number of ether oxygens (including phenoxy) is 1. The zero-order valence-electron chi connectivity index (χ0n) is 10.2. The number of rotatable bonds is 2. The summed E-state index contributed by atoms with van der Waals surface area (Å²) in [5, 5.41) is 0.851. The fourth-order valence-electron chi connectivity index (χ4n) is 4.02. The number of benzene rings is 1. The summed E-state index contributed by atoms with van der Waals surface area (Å²) in [6.45, 7) is 0.805. The number of fused-ring (bicyclic) bond motifs is 2. The first-order chi connectivity index (χ1) is 8.75. The summed E-state index contributed by atoms with van der Waals surface area (Å²) in [4.78, 5) is 0.429. The van der Waals surface area contributed by atoms with Gasteiger partial charge in [0.25, 0.3) is 0 Å². The Morgan fingerprint density at radius 2 is 2.06 bits per heavy atom. The molecule has 1 heterocycles. The molecule has 96 valence electrons. The molecule has 1 aromatic rings. The lowest BCUT2D eigenvalue weighted by Crippen LogP contribution is -2.01. The molecule has 0 amide bonds. The van der Waals surface area contributed by atoms with Crippen molar-refractivity contribution in [2.45, 2.75) is 30.5 Å². The van der Waals surface area contributed by atoms with Crippen LogP contribution in [0.15, 0.2) is 12.1 Å². The predicted octanol–water partition coefficient (Wildman–Crippen LogP) is 4.76. The maximum atomic E-state index is 6.24. The lowest BCUT2D eigenvalue weighted by Gasteiger charge is -2.16. The van der Waals surface area contributed by atoms with Gasteiger partial charge in [-0.2, -0.15) is 0 Å². The van der Waals surface area contributed by atoms with Crippen LogP contribution in [0.4, 0.5) is 0 Å². The molecular formula is C15H16BrClO. The van der Waals surface area contributed by atoms with E-state index < -0.39 is 0 Å². The number of hydrogen-bond donors (Lipinski definition) is 0. The van der Waals surface area contributed by atoms with E-state index in [4.69, 9.17) is 16.3 Å². The highest BCUT2D eigenvalue weighted by Crippen LogP contribution is 2.65. The molecule has 2 aliphatic carbocycles. The molecule has 0 bridgehead atoms. The van der Waals surface area contributed by atoms with Gasteiger partial charge in [0.1, 0.15) is 5.75 Å². The molecule has 1 aliphatic heterocycles. The van der Waals surface area contributed by atoms with Gasteiger partial charge < -0.3 is 4.74 Å². The van der Waals surface area contributed by atoms with Crippen molar-refractivity contribution in [1.82, 2.24) is 0 Å². The first kappa shape index (κ1) is 11.6. The Labute approximate surface area is 121 Å². The molecule has 18 heavy (non-hydrogen) atoms. The van der Waals surface area contributed by atoms with E-state index in [9.17, 15) is 0 Å². The van der Waals surface area contributed by atoms with Crippen molar-refractivity contribution >= 4 is 27.5 Å². The summed E-state index contributed by atoms with van der Waals surface area (Å²) in [6.07, 6.45) is 5.26. The second kappa shape index (κ2) is 4.14. The standard InChI is InChI=1S/C15H16BrClO/c16-14(13-10-2-1-3-11(10)13)12-7-9(17)6-8-4-5-18-15(8)12/h6-7,10-11,13-14H,1-5H2. The van der Waals surface area contributed by atoms with Crippen LogP contribution < -0.4 is 4.74 Å². The first-order valence-electron chi connectivity index (χ1n) is 6.85. The molecule has 2 saturated carbocycles. The van der Waals surface area contributed by atoms with E-state index in [0.717, 1.165) is 41.6 Å². The number of halogens is 2. The van der Waals surface area contributed by atoms with E-state index in [2.05, 4.69) is 28.1 Å². The Balaban J connectivity index is 1.68. The first-order valence-corrected chi connectivity index (χ1v) is 8.14. The van der Waals surface area contributed by atoms with Gasteiger partial charge in [-0.3, -0.25) is 0 Å². The molecule has 0 aromatic heterocycles. The second-order valence-electron chi connectivity index (χ2n) is 5.82. The second-order valence-corrected chi connectivity index (χ2v) is 7.24. The smallest absolute Gasteiger partial charge is 0.127 e. The van der Waals surface area contributed by atoms with Gasteiger partial charge in [-0.15, -0.1) is 0 Å². The van der Waals surface area contributed by atoms with Crippen LogP contribution in [0.3, 0.4) is 0 Å². The monoisotopic (exact) mass is 326 g/mol. The van der Waals surface area contributed by atoms with Gasteiger partial charge in [0, 0.05) is 21.8 Å². The fourth-order valence-corrected chi connectivity index (χ4v) is 5.39. The van der Waals surface area contributed by atoms with Crippen LogP contribution in [0.1, 0.15) is 35.2 Å². The number of hydrogen-bond acceptors (Lipinski definition) is 1. The molecule has 1 aromatic carbocycles. The topological polar surface area (TPSA) is 9.23 Å². The highest BCUT2D eigenvalue weighted by atomic mass is 79.9. The van der Waals surface area contributed by atoms with E-state index >= 15 is 0 Å². The third kappa shape index (κ3) is 1.65. The molecule has 0 radical (unpaired) electrons. The van der Waals surface area contributed by atoms with Crippen LogP contribution >= 0.6 is 27.5 Å². The molecule has 2 fully saturated rings. The van der Waals surface area contributed by atoms with E-state index in [0.29, 0.717) is 4.83 Å². The van der Waals surface area contributed by atoms with Crippen molar-refractivity contribution in [3.05, 3.63) is 28.3 Å². The minimum Gasteiger partial charge on any atom is -0.493 e. The lowest BCUT2D eigenvalue weighted by molar-refractivity contribution is 0.352. The molecular weight excluding hydrogens is 312 g/mol. The lowest BCUT2D eigenvalue weighted by atomic mass is 9.99. The van der Waals surface area contributed by atoms with Crippen molar-refractivity contribution in [2.24, 2.45) is 17.8 Å². The summed E-state index contributed by atoms with van der Waals surface area (Å²) in [6, 6.07) is 4.15. The molecule has 1 nitrogen and oxygen atoms in total. The molecule has 0 spiro atoms. The summed E-state index contributed by atoms with van der Waals surface area (Å²) in [7, 11) is 0. The summed E-state index contributed by atoms with van der Waals surface area (Å²) < 4.78 is 5.82. The third-order valence-electron chi connectivity index (χ3n) is 4.88. The summed E-state index contributed by atoms with van der Waals surface area (Å²) >= 11 is 10.2. The maximum Gasteiger partial charge on any atom is 0.127 e. The SMILES string of the molecule is Clc1cc2c(c(C(Br)C3C4CCCC43)c1)OCC2. The Hall–Kier alpha value is -0.210. The Morgan fingerprint density at radius 1 is 1.28 bits per heavy atom. The van der Waals surface area contributed by atoms with Gasteiger partial charge in [0.15, 0.2) is 0 Å². The average molecular weight is 328 g/mol. The minimum atomic E-state index is 0.429. The van der Waals surface area contributed by atoms with Gasteiger partial charge in [-0.1, -0.05) is 34.0 Å². The molecule has 3 heteroatoms. The van der Waals surface area contributed by atoms with Gasteiger partial charge in [0.2, 0.25) is 0 Å². The Kier molecular flexibility index (Phi) is 2.67. The van der Waals surface area contributed by atoms with Gasteiger partial charge in [-0.05, 0) is 48.3 Å². The van der Waals surface area contributed by atoms with Crippen molar-refractivity contribution < 1.29 is 4.74 Å². The van der Waals surface area contributed by atoms with Gasteiger partial charge >= 0.3 is 0 Å². The van der Waals surface area contributed by atoms with Crippen molar-refractivity contribution in [3.63, 3.8) is 0 Å². The highest BCUT2D eigenvalue weighted by molar-refractivity contribution is 9.09. The number of alkyl halides is 1. The van der Waals surface area contributed by atoms with Crippen LogP contribution in [0.5, 0.6) is 5.75 Å². The van der Waals surface area contributed by atoms with Crippen LogP contribution in [-0.4, -0.2) is 6.61 Å². The van der Waals surface area contributed by atoms with Crippen LogP contribution in [0.25, 0.3) is 0 Å². The van der Waals surface area contributed by atoms with Gasteiger partial charge in [-0.25, -0.2) is 0 Å². The highest BCUT2D eigenvalue weighted by Gasteiger charge is 2.56. The summed E-state index contributed by atoms with van der Waals surface area (Å²) in [5.41, 5.74) is 2.57. The van der Waals surface area contributed by atoms with Crippen LogP contribution in [0, 0.1) is 17.8 Å². The molecule has 3 atom stereocenters. The van der Waals surface area contributed by atoms with Gasteiger partial charge in [0.05, 0.1) is 6.61 Å². The van der Waals surface area contributed by atoms with E-state index in [1.807, 2.05) is 0 Å². The Bertz CT molecular complexity index is 492. The quantitative estimate of drug-likeness (QED) is 0.712. The molecule has 4 rings (SSSR count). The molecule has 0 N–H and O–H groups in total. The molecule has 3 unspecified atom stereocenters. The van der Waals surface area contributed by atoms with Crippen molar-refractivity contribution in [2.75, 3.05) is 6.61 Å². The van der Waals surface area contributed by atoms with Crippen molar-refractivity contribution in [3.8, 4) is 5.75 Å². The van der Waals surface area contributed by atoms with E-state index in [1.54, 1.807) is 0 Å².